The highest BCUT2D eigenvalue weighted by atomic mass is 35.5. The summed E-state index contributed by atoms with van der Waals surface area (Å²) in [5.41, 5.74) is 4.52. The summed E-state index contributed by atoms with van der Waals surface area (Å²) in [5.74, 6) is -4.03. The predicted molar refractivity (Wildman–Crippen MR) is 113 cm³/mol. The first-order chi connectivity index (χ1) is 14.2. The second kappa shape index (κ2) is 8.24. The Bertz CT molecular complexity index is 1250. The molecule has 6 nitrogen and oxygen atoms in total. The number of carboxylic acid groups (broad SMARTS) is 1. The van der Waals surface area contributed by atoms with Gasteiger partial charge in [-0.15, -0.1) is 12.4 Å². The van der Waals surface area contributed by atoms with Gasteiger partial charge in [0.05, 0.1) is 16.9 Å². The van der Waals surface area contributed by atoms with E-state index >= 15 is 0 Å². The number of rotatable bonds is 3. The summed E-state index contributed by atoms with van der Waals surface area (Å²) in [6.45, 7) is 2.28. The third kappa shape index (κ3) is 3.86. The highest BCUT2D eigenvalue weighted by Gasteiger charge is 2.29. The van der Waals surface area contributed by atoms with E-state index in [1.165, 1.54) is 6.07 Å². The lowest BCUT2D eigenvalue weighted by molar-refractivity contribution is 0.0695. The number of carboxylic acids is 1. The molecule has 4 rings (SSSR count). The van der Waals surface area contributed by atoms with Gasteiger partial charge in [-0.05, 0) is 37.6 Å². The van der Waals surface area contributed by atoms with Crippen molar-refractivity contribution in [3.63, 3.8) is 0 Å². The molecule has 1 saturated heterocycles. The van der Waals surface area contributed by atoms with Crippen molar-refractivity contribution in [1.29, 1.82) is 0 Å². The van der Waals surface area contributed by atoms with Crippen LogP contribution in [0.15, 0.2) is 41.3 Å². The van der Waals surface area contributed by atoms with Crippen LogP contribution in [0, 0.1) is 17.5 Å². The first-order valence-electron chi connectivity index (χ1n) is 9.27. The van der Waals surface area contributed by atoms with Crippen LogP contribution >= 0.6 is 12.4 Å². The van der Waals surface area contributed by atoms with Crippen molar-refractivity contribution in [1.82, 2.24) is 4.57 Å². The van der Waals surface area contributed by atoms with E-state index in [4.69, 9.17) is 5.73 Å². The van der Waals surface area contributed by atoms with Gasteiger partial charge >= 0.3 is 5.97 Å². The number of pyridine rings is 1. The van der Waals surface area contributed by atoms with Crippen molar-refractivity contribution in [2.45, 2.75) is 25.4 Å². The van der Waals surface area contributed by atoms with Crippen LogP contribution in [-0.2, 0) is 0 Å². The molecule has 0 radical (unpaired) electrons. The van der Waals surface area contributed by atoms with Crippen molar-refractivity contribution in [2.75, 3.05) is 11.4 Å². The molecule has 0 saturated carbocycles. The molecule has 0 spiro atoms. The zero-order chi connectivity index (χ0) is 21.7. The van der Waals surface area contributed by atoms with Crippen LogP contribution in [0.25, 0.3) is 16.6 Å². The summed E-state index contributed by atoms with van der Waals surface area (Å²) in [5, 5.41) is 9.16. The number of aromatic carboxylic acids is 1. The molecule has 2 aromatic carbocycles. The number of aromatic nitrogens is 1. The predicted octanol–water partition coefficient (Wildman–Crippen LogP) is 3.45. The Morgan fingerprint density at radius 1 is 1.13 bits per heavy atom. The maximum Gasteiger partial charge on any atom is 0.341 e. The lowest BCUT2D eigenvalue weighted by atomic mass is 10.1. The fourth-order valence-electron chi connectivity index (χ4n) is 3.99. The van der Waals surface area contributed by atoms with E-state index in [0.29, 0.717) is 19.0 Å². The van der Waals surface area contributed by atoms with E-state index in [1.54, 1.807) is 4.90 Å². The smallest absolute Gasteiger partial charge is 0.341 e. The highest BCUT2D eigenvalue weighted by Crippen LogP contribution is 2.32. The summed E-state index contributed by atoms with van der Waals surface area (Å²) in [6.07, 6.45) is 1.61. The minimum atomic E-state index is -1.54. The molecular weight excluding hydrogens is 435 g/mol. The summed E-state index contributed by atoms with van der Waals surface area (Å²) in [4.78, 5) is 25.9. The zero-order valence-corrected chi connectivity index (χ0v) is 17.1. The molecule has 1 aliphatic rings. The van der Waals surface area contributed by atoms with Crippen LogP contribution in [0.3, 0.4) is 0 Å². The van der Waals surface area contributed by atoms with E-state index < -0.39 is 34.4 Å². The Morgan fingerprint density at radius 3 is 2.39 bits per heavy atom. The van der Waals surface area contributed by atoms with Crippen LogP contribution in [0.5, 0.6) is 0 Å². The van der Waals surface area contributed by atoms with Crippen LogP contribution in [-0.4, -0.2) is 34.3 Å². The fraction of sp³-hybridized carbons (Fsp3) is 0.238. The third-order valence-electron chi connectivity index (χ3n) is 5.39. The van der Waals surface area contributed by atoms with Gasteiger partial charge in [0.2, 0.25) is 5.43 Å². The van der Waals surface area contributed by atoms with E-state index in [0.717, 1.165) is 29.0 Å². The van der Waals surface area contributed by atoms with Crippen LogP contribution in [0.1, 0.15) is 23.7 Å². The second-order valence-electron chi connectivity index (χ2n) is 7.46. The standard InChI is InChI=1S/C21H18F3N3O3.ClH/c1-10-4-12(25)8-26(10)19-7-18-13(6-16(19)24)20(28)14(21(29)30)9-27(18)17-3-2-11(22)5-15(17)23;/h2-3,5-7,9-10,12H,4,8,25H2,1H3,(H,29,30);1H. The van der Waals surface area contributed by atoms with Crippen molar-refractivity contribution >= 4 is 35.0 Å². The van der Waals surface area contributed by atoms with Gasteiger partial charge < -0.3 is 20.3 Å². The number of anilines is 1. The molecular formula is C21H19ClF3N3O3. The number of halogens is 4. The maximum absolute atomic E-state index is 14.9. The van der Waals surface area contributed by atoms with Crippen molar-refractivity contribution in [3.05, 3.63) is 69.8 Å². The molecule has 1 aliphatic heterocycles. The van der Waals surface area contributed by atoms with Crippen molar-refractivity contribution in [3.8, 4) is 5.69 Å². The molecule has 164 valence electrons. The van der Waals surface area contributed by atoms with Crippen LogP contribution in [0.4, 0.5) is 18.9 Å². The summed E-state index contributed by atoms with van der Waals surface area (Å²) in [6, 6.07) is 4.88. The van der Waals surface area contributed by atoms with Gasteiger partial charge in [0.15, 0.2) is 0 Å². The van der Waals surface area contributed by atoms with Gasteiger partial charge in [-0.3, -0.25) is 4.79 Å². The third-order valence-corrected chi connectivity index (χ3v) is 5.39. The van der Waals surface area contributed by atoms with Crippen LogP contribution < -0.4 is 16.1 Å². The molecule has 0 bridgehead atoms. The number of nitrogens with two attached hydrogens (primary N) is 1. The average molecular weight is 454 g/mol. The summed E-state index contributed by atoms with van der Waals surface area (Å²) in [7, 11) is 0. The number of hydrogen-bond donors (Lipinski definition) is 2. The van der Waals surface area contributed by atoms with Gasteiger partial charge in [-0.2, -0.15) is 0 Å². The largest absolute Gasteiger partial charge is 0.477 e. The van der Waals surface area contributed by atoms with Gasteiger partial charge in [0.1, 0.15) is 23.0 Å². The van der Waals surface area contributed by atoms with Gasteiger partial charge in [0.25, 0.3) is 0 Å². The summed E-state index contributed by atoms with van der Waals surface area (Å²) < 4.78 is 44.0. The highest BCUT2D eigenvalue weighted by molar-refractivity contribution is 5.94. The van der Waals surface area contributed by atoms with Gasteiger partial charge in [-0.1, -0.05) is 0 Å². The minimum absolute atomic E-state index is 0. The molecule has 0 amide bonds. The molecule has 2 heterocycles. The monoisotopic (exact) mass is 453 g/mol. The van der Waals surface area contributed by atoms with Crippen molar-refractivity contribution in [2.24, 2.45) is 5.73 Å². The lowest BCUT2D eigenvalue weighted by Crippen LogP contribution is -2.30. The van der Waals surface area contributed by atoms with E-state index in [-0.39, 0.29) is 46.8 Å². The number of benzene rings is 2. The first kappa shape index (κ1) is 22.6. The SMILES string of the molecule is CC1CC(N)CN1c1cc2c(cc1F)c(=O)c(C(=O)O)cn2-c1ccc(F)cc1F.Cl. The number of hydrogen-bond acceptors (Lipinski definition) is 4. The molecule has 1 aromatic heterocycles. The zero-order valence-electron chi connectivity index (χ0n) is 16.3. The van der Waals surface area contributed by atoms with E-state index in [2.05, 4.69) is 0 Å². The fourth-order valence-corrected chi connectivity index (χ4v) is 3.99. The second-order valence-corrected chi connectivity index (χ2v) is 7.46. The Kier molecular flexibility index (Phi) is 6.02. The number of carbonyl (C=O) groups is 1. The molecule has 31 heavy (non-hydrogen) atoms. The van der Waals surface area contributed by atoms with Crippen molar-refractivity contribution < 1.29 is 23.1 Å². The first-order valence-corrected chi connectivity index (χ1v) is 9.27. The molecule has 2 atom stereocenters. The minimum Gasteiger partial charge on any atom is -0.477 e. The van der Waals surface area contributed by atoms with E-state index in [9.17, 15) is 27.9 Å². The molecule has 0 aliphatic carbocycles. The molecule has 3 aromatic rings. The normalized spacial score (nSPS) is 18.3. The molecule has 10 heteroatoms. The Labute approximate surface area is 181 Å². The number of nitrogens with zero attached hydrogens (tertiary/aromatic N) is 2. The molecule has 2 unspecified atom stereocenters. The lowest BCUT2D eigenvalue weighted by Gasteiger charge is -2.25. The molecule has 3 N–H and O–H groups in total. The number of fused-ring (bicyclic) bond motifs is 1. The summed E-state index contributed by atoms with van der Waals surface area (Å²) >= 11 is 0. The Morgan fingerprint density at radius 2 is 1.81 bits per heavy atom. The van der Waals surface area contributed by atoms with Crippen LogP contribution in [0.2, 0.25) is 0 Å². The average Bonchev–Trinajstić information content (AvgIpc) is 3.00. The van der Waals surface area contributed by atoms with Gasteiger partial charge in [0, 0.05) is 36.3 Å². The topological polar surface area (TPSA) is 88.6 Å². The maximum atomic E-state index is 14.9. The Hall–Kier alpha value is -3.04. The molecule has 1 fully saturated rings. The van der Waals surface area contributed by atoms with Gasteiger partial charge in [-0.25, -0.2) is 18.0 Å². The quantitative estimate of drug-likeness (QED) is 0.634. The van der Waals surface area contributed by atoms with E-state index in [1.807, 2.05) is 6.92 Å². The Balaban J connectivity index is 0.00000272.